The number of nitrogens with zero attached hydrogens (tertiary/aromatic N) is 2. The second-order valence-electron chi connectivity index (χ2n) is 4.20. The summed E-state index contributed by atoms with van der Waals surface area (Å²) in [5.74, 6) is 0.727. The number of carbonyl (C=O) groups is 1. The molecule has 0 radical (unpaired) electrons. The summed E-state index contributed by atoms with van der Waals surface area (Å²) < 4.78 is 5.16. The zero-order chi connectivity index (χ0) is 13.7. The van der Waals surface area contributed by atoms with Crippen LogP contribution in [-0.4, -0.2) is 22.6 Å². The van der Waals surface area contributed by atoms with Crippen LogP contribution >= 0.6 is 12.4 Å². The molecule has 0 saturated carbocycles. The van der Waals surface area contributed by atoms with Crippen molar-refractivity contribution in [3.05, 3.63) is 47.6 Å². The van der Waals surface area contributed by atoms with Crippen molar-refractivity contribution in [2.24, 2.45) is 5.73 Å². The first-order chi connectivity index (χ1) is 9.19. The van der Waals surface area contributed by atoms with Gasteiger partial charge in [-0.25, -0.2) is 0 Å². The molecule has 1 atom stereocenters. The fourth-order valence-corrected chi connectivity index (χ4v) is 1.65. The van der Waals surface area contributed by atoms with E-state index >= 15 is 0 Å². The van der Waals surface area contributed by atoms with Gasteiger partial charge < -0.3 is 15.6 Å². The number of halogens is 1. The summed E-state index contributed by atoms with van der Waals surface area (Å²) in [5, 5.41) is 6.53. The summed E-state index contributed by atoms with van der Waals surface area (Å²) in [6.45, 7) is 1.73. The molecule has 0 bridgehead atoms. The number of nitrogens with one attached hydrogen (secondary N) is 1. The Balaban J connectivity index is 0.00000200. The highest BCUT2D eigenvalue weighted by Crippen LogP contribution is 2.11. The lowest BCUT2D eigenvalue weighted by atomic mass is 10.1. The number of hydrogen-bond donors (Lipinski definition) is 2. The Labute approximate surface area is 123 Å². The van der Waals surface area contributed by atoms with E-state index in [-0.39, 0.29) is 30.9 Å². The standard InChI is InChI=1S/C13H16N4O2.ClH/c1-9(15-11(18)8-14)13-16-12(19-17-13)7-10-5-3-2-4-6-10;/h2-6,9H,7-8,14H2,1H3,(H,15,18);1H. The molecule has 2 aromatic rings. The van der Waals surface area contributed by atoms with Gasteiger partial charge in [-0.15, -0.1) is 12.4 Å². The van der Waals surface area contributed by atoms with Crippen molar-refractivity contribution in [3.63, 3.8) is 0 Å². The maximum atomic E-state index is 11.2. The maximum Gasteiger partial charge on any atom is 0.234 e. The summed E-state index contributed by atoms with van der Waals surface area (Å²) in [5.41, 5.74) is 6.32. The van der Waals surface area contributed by atoms with E-state index in [2.05, 4.69) is 15.5 Å². The van der Waals surface area contributed by atoms with Crippen LogP contribution in [0.4, 0.5) is 0 Å². The zero-order valence-electron chi connectivity index (χ0n) is 11.1. The van der Waals surface area contributed by atoms with E-state index in [4.69, 9.17) is 10.3 Å². The predicted octanol–water partition coefficient (Wildman–Crippen LogP) is 1.22. The molecular formula is C13H17ClN4O2. The minimum atomic E-state index is -0.315. The molecule has 0 aliphatic heterocycles. The third-order valence-corrected chi connectivity index (χ3v) is 2.63. The number of hydrogen-bond acceptors (Lipinski definition) is 5. The molecule has 0 spiro atoms. The molecular weight excluding hydrogens is 280 g/mol. The molecule has 1 aromatic carbocycles. The minimum absolute atomic E-state index is 0. The van der Waals surface area contributed by atoms with Crippen molar-refractivity contribution in [3.8, 4) is 0 Å². The molecule has 3 N–H and O–H groups in total. The fraction of sp³-hybridized carbons (Fsp3) is 0.308. The van der Waals surface area contributed by atoms with Crippen molar-refractivity contribution in [2.45, 2.75) is 19.4 Å². The molecule has 1 aromatic heterocycles. The van der Waals surface area contributed by atoms with Gasteiger partial charge in [0.25, 0.3) is 0 Å². The van der Waals surface area contributed by atoms with Crippen LogP contribution in [0.15, 0.2) is 34.9 Å². The van der Waals surface area contributed by atoms with Crippen LogP contribution in [0.2, 0.25) is 0 Å². The molecule has 108 valence electrons. The Morgan fingerprint density at radius 1 is 1.40 bits per heavy atom. The summed E-state index contributed by atoms with van der Waals surface area (Å²) >= 11 is 0. The normalized spacial score (nSPS) is 11.5. The molecule has 0 saturated heterocycles. The van der Waals surface area contributed by atoms with Gasteiger partial charge in [-0.1, -0.05) is 35.5 Å². The highest BCUT2D eigenvalue weighted by Gasteiger charge is 2.15. The van der Waals surface area contributed by atoms with Crippen LogP contribution in [0.3, 0.4) is 0 Å². The average Bonchev–Trinajstić information content (AvgIpc) is 2.88. The molecule has 20 heavy (non-hydrogen) atoms. The van der Waals surface area contributed by atoms with E-state index in [9.17, 15) is 4.79 Å². The summed E-state index contributed by atoms with van der Waals surface area (Å²) in [7, 11) is 0. The number of nitrogens with two attached hydrogens (primary N) is 1. The number of benzene rings is 1. The summed E-state index contributed by atoms with van der Waals surface area (Å²) in [4.78, 5) is 15.4. The first-order valence-electron chi connectivity index (χ1n) is 6.05. The van der Waals surface area contributed by atoms with Gasteiger partial charge in [0.05, 0.1) is 19.0 Å². The van der Waals surface area contributed by atoms with Gasteiger partial charge >= 0.3 is 0 Å². The Bertz CT molecular complexity index is 544. The zero-order valence-corrected chi connectivity index (χ0v) is 11.9. The Morgan fingerprint density at radius 2 is 2.10 bits per heavy atom. The van der Waals surface area contributed by atoms with Crippen molar-refractivity contribution >= 4 is 18.3 Å². The molecule has 0 aliphatic carbocycles. The summed E-state index contributed by atoms with van der Waals surface area (Å²) in [6, 6.07) is 9.53. The molecule has 2 rings (SSSR count). The van der Waals surface area contributed by atoms with Crippen LogP contribution in [0, 0.1) is 0 Å². The van der Waals surface area contributed by atoms with Gasteiger partial charge in [0, 0.05) is 0 Å². The van der Waals surface area contributed by atoms with Gasteiger partial charge in [-0.05, 0) is 12.5 Å². The second-order valence-corrected chi connectivity index (χ2v) is 4.20. The van der Waals surface area contributed by atoms with E-state index in [1.165, 1.54) is 0 Å². The van der Waals surface area contributed by atoms with Crippen molar-refractivity contribution < 1.29 is 9.32 Å². The smallest absolute Gasteiger partial charge is 0.234 e. The minimum Gasteiger partial charge on any atom is -0.345 e. The van der Waals surface area contributed by atoms with Gasteiger partial charge in [0.1, 0.15) is 0 Å². The van der Waals surface area contributed by atoms with Crippen LogP contribution in [-0.2, 0) is 11.2 Å². The van der Waals surface area contributed by atoms with Crippen LogP contribution < -0.4 is 11.1 Å². The molecule has 7 heteroatoms. The highest BCUT2D eigenvalue weighted by molar-refractivity contribution is 5.85. The van der Waals surface area contributed by atoms with E-state index in [0.29, 0.717) is 18.1 Å². The maximum absolute atomic E-state index is 11.2. The molecule has 0 aliphatic rings. The van der Waals surface area contributed by atoms with Crippen molar-refractivity contribution in [1.29, 1.82) is 0 Å². The molecule has 1 unspecified atom stereocenters. The van der Waals surface area contributed by atoms with E-state index in [0.717, 1.165) is 5.56 Å². The third-order valence-electron chi connectivity index (χ3n) is 2.63. The first kappa shape index (κ1) is 16.1. The quantitative estimate of drug-likeness (QED) is 0.865. The second kappa shape index (κ2) is 7.62. The van der Waals surface area contributed by atoms with Gasteiger partial charge in [0.15, 0.2) is 5.82 Å². The highest BCUT2D eigenvalue weighted by atomic mass is 35.5. The van der Waals surface area contributed by atoms with Crippen LogP contribution in [0.1, 0.15) is 30.2 Å². The Hall–Kier alpha value is -1.92. The van der Waals surface area contributed by atoms with Crippen LogP contribution in [0.25, 0.3) is 0 Å². The van der Waals surface area contributed by atoms with Gasteiger partial charge in [0.2, 0.25) is 11.8 Å². The lowest BCUT2D eigenvalue weighted by Gasteiger charge is -2.07. The topological polar surface area (TPSA) is 94.0 Å². The van der Waals surface area contributed by atoms with E-state index in [1.807, 2.05) is 30.3 Å². The molecule has 6 nitrogen and oxygen atoms in total. The van der Waals surface area contributed by atoms with Gasteiger partial charge in [-0.3, -0.25) is 4.79 Å². The van der Waals surface area contributed by atoms with E-state index in [1.54, 1.807) is 6.92 Å². The number of aromatic nitrogens is 2. The van der Waals surface area contributed by atoms with Crippen LogP contribution in [0.5, 0.6) is 0 Å². The molecule has 0 fully saturated rings. The lowest BCUT2D eigenvalue weighted by Crippen LogP contribution is -2.32. The number of amides is 1. The largest absolute Gasteiger partial charge is 0.345 e. The number of rotatable bonds is 5. The van der Waals surface area contributed by atoms with Gasteiger partial charge in [-0.2, -0.15) is 4.98 Å². The molecule has 1 heterocycles. The fourth-order valence-electron chi connectivity index (χ4n) is 1.65. The Kier molecular flexibility index (Phi) is 6.14. The first-order valence-corrected chi connectivity index (χ1v) is 6.05. The monoisotopic (exact) mass is 296 g/mol. The predicted molar refractivity (Wildman–Crippen MR) is 76.4 cm³/mol. The number of carbonyl (C=O) groups excluding carboxylic acids is 1. The SMILES string of the molecule is CC(NC(=O)CN)c1noc(Cc2ccccc2)n1.Cl. The van der Waals surface area contributed by atoms with Crippen molar-refractivity contribution in [2.75, 3.05) is 6.54 Å². The third kappa shape index (κ3) is 4.32. The van der Waals surface area contributed by atoms with Crippen molar-refractivity contribution in [1.82, 2.24) is 15.5 Å². The summed E-state index contributed by atoms with van der Waals surface area (Å²) in [6.07, 6.45) is 0.575. The molecule has 1 amide bonds. The Morgan fingerprint density at radius 3 is 2.75 bits per heavy atom. The lowest BCUT2D eigenvalue weighted by molar-refractivity contribution is -0.120. The van der Waals surface area contributed by atoms with E-state index < -0.39 is 0 Å². The average molecular weight is 297 g/mol.